The largest absolute Gasteiger partial charge is 2.00 e. The van der Waals surface area contributed by atoms with E-state index in [1.54, 1.807) is 0 Å². The van der Waals surface area contributed by atoms with Gasteiger partial charge >= 0.3 is 23.1 Å². The van der Waals surface area contributed by atoms with Crippen molar-refractivity contribution in [2.45, 2.75) is 84.0 Å². The summed E-state index contributed by atoms with van der Waals surface area (Å²) in [6, 6.07) is 12.5. The molecule has 0 bridgehead atoms. The molecule has 0 N–H and O–H groups in total. The van der Waals surface area contributed by atoms with Gasteiger partial charge in [-0.2, -0.15) is 42.8 Å². The van der Waals surface area contributed by atoms with Crippen LogP contribution in [0.4, 0.5) is 0 Å². The summed E-state index contributed by atoms with van der Waals surface area (Å²) in [6.45, 7) is 6.14. The minimum atomic E-state index is 0. The average molecular weight is 299 g/mol. The molecular formula is C20H34Mg. The summed E-state index contributed by atoms with van der Waals surface area (Å²) >= 11 is 0. The fourth-order valence-electron chi connectivity index (χ4n) is 2.18. The molecule has 0 amide bonds. The predicted octanol–water partition coefficient (Wildman–Crippen LogP) is 6.63. The van der Waals surface area contributed by atoms with E-state index >= 15 is 0 Å². The van der Waals surface area contributed by atoms with Crippen LogP contribution in [0.2, 0.25) is 0 Å². The third kappa shape index (κ3) is 22.4. The van der Waals surface area contributed by atoms with Gasteiger partial charge in [-0.3, -0.25) is 0 Å². The Kier molecular flexibility index (Phi) is 24.7. The van der Waals surface area contributed by atoms with Crippen LogP contribution in [0.25, 0.3) is 0 Å². The van der Waals surface area contributed by atoms with E-state index in [0.29, 0.717) is 0 Å². The maximum absolute atomic E-state index is 3.86. The quantitative estimate of drug-likeness (QED) is 0.244. The van der Waals surface area contributed by atoms with E-state index < -0.39 is 0 Å². The van der Waals surface area contributed by atoms with Gasteiger partial charge in [0, 0.05) is 0 Å². The van der Waals surface area contributed by atoms with Crippen molar-refractivity contribution in [2.75, 3.05) is 0 Å². The minimum absolute atomic E-state index is 0. The topological polar surface area (TPSA) is 0 Å². The van der Waals surface area contributed by atoms with Gasteiger partial charge < -0.3 is 6.92 Å². The molecule has 0 aromatic heterocycles. The molecule has 0 atom stereocenters. The molecule has 0 aliphatic heterocycles. The van der Waals surface area contributed by atoms with Crippen molar-refractivity contribution in [3.8, 4) is 0 Å². The molecule has 1 rings (SSSR count). The molecule has 0 aliphatic carbocycles. The van der Waals surface area contributed by atoms with Gasteiger partial charge in [0.2, 0.25) is 0 Å². The number of rotatable bonds is 11. The number of unbranched alkanes of at least 4 members (excludes halogenated alkanes) is 11. The summed E-state index contributed by atoms with van der Waals surface area (Å²) < 4.78 is 0. The molecule has 1 aromatic carbocycles. The molecule has 21 heavy (non-hydrogen) atoms. The van der Waals surface area contributed by atoms with Crippen LogP contribution in [0.3, 0.4) is 0 Å². The van der Waals surface area contributed by atoms with E-state index in [-0.39, 0.29) is 23.1 Å². The van der Waals surface area contributed by atoms with E-state index in [4.69, 9.17) is 0 Å². The SMILES string of the molecule is [CH2-]CCCCCCCCCCCCC.[Mg+2].[c-]1ccccc1. The van der Waals surface area contributed by atoms with Crippen LogP contribution in [0.15, 0.2) is 30.3 Å². The van der Waals surface area contributed by atoms with Crippen molar-refractivity contribution < 1.29 is 0 Å². The van der Waals surface area contributed by atoms with Crippen molar-refractivity contribution >= 4 is 23.1 Å². The van der Waals surface area contributed by atoms with Gasteiger partial charge in [-0.05, 0) is 0 Å². The summed E-state index contributed by atoms with van der Waals surface area (Å²) in [4.78, 5) is 0. The minimum Gasteiger partial charge on any atom is -0.343 e. The molecule has 0 spiro atoms. The van der Waals surface area contributed by atoms with E-state index in [9.17, 15) is 0 Å². The Hall–Kier alpha value is -0.0138. The van der Waals surface area contributed by atoms with Gasteiger partial charge in [0.05, 0.1) is 0 Å². The molecule has 0 heterocycles. The Morgan fingerprint density at radius 3 is 1.38 bits per heavy atom. The van der Waals surface area contributed by atoms with Crippen molar-refractivity contribution in [2.24, 2.45) is 0 Å². The van der Waals surface area contributed by atoms with Crippen molar-refractivity contribution in [1.29, 1.82) is 0 Å². The Labute approximate surface area is 150 Å². The fourth-order valence-corrected chi connectivity index (χ4v) is 2.18. The number of hydrogen-bond donors (Lipinski definition) is 0. The summed E-state index contributed by atoms with van der Waals surface area (Å²) in [5.74, 6) is 0. The molecular weight excluding hydrogens is 265 g/mol. The van der Waals surface area contributed by atoms with Crippen molar-refractivity contribution in [1.82, 2.24) is 0 Å². The first-order valence-corrected chi connectivity index (χ1v) is 8.62. The van der Waals surface area contributed by atoms with Crippen LogP contribution in [0.5, 0.6) is 0 Å². The summed E-state index contributed by atoms with van der Waals surface area (Å²) in [7, 11) is 0. The molecule has 0 nitrogen and oxygen atoms in total. The van der Waals surface area contributed by atoms with E-state index in [1.807, 2.05) is 30.3 Å². The second-order valence-electron chi connectivity index (χ2n) is 5.47. The van der Waals surface area contributed by atoms with E-state index in [0.717, 1.165) is 6.42 Å². The summed E-state index contributed by atoms with van der Waals surface area (Å²) in [5.41, 5.74) is 0. The molecule has 0 fully saturated rings. The summed E-state index contributed by atoms with van der Waals surface area (Å²) in [6.07, 6.45) is 16.9. The first-order valence-electron chi connectivity index (χ1n) is 8.62. The van der Waals surface area contributed by atoms with Gasteiger partial charge in [-0.1, -0.05) is 77.6 Å². The molecule has 0 saturated carbocycles. The zero-order chi connectivity index (χ0) is 14.7. The maximum atomic E-state index is 3.86. The van der Waals surface area contributed by atoms with Gasteiger partial charge in [-0.15, -0.1) is 0 Å². The van der Waals surface area contributed by atoms with Crippen molar-refractivity contribution in [3.05, 3.63) is 43.3 Å². The Morgan fingerprint density at radius 2 is 1.10 bits per heavy atom. The second-order valence-corrected chi connectivity index (χ2v) is 5.47. The molecule has 116 valence electrons. The van der Waals surface area contributed by atoms with E-state index in [1.165, 1.54) is 70.6 Å². The molecule has 1 aromatic rings. The van der Waals surface area contributed by atoms with Crippen LogP contribution in [-0.2, 0) is 0 Å². The standard InChI is InChI=1S/C14H29.C6H5.Mg/c1-3-5-7-9-11-13-14-12-10-8-6-4-2;1-2-4-6-5-3-1;/h1,3-14H2,2H3;1-5H;/q2*-1;+2. The van der Waals surface area contributed by atoms with Crippen molar-refractivity contribution in [3.63, 3.8) is 0 Å². The van der Waals surface area contributed by atoms with E-state index in [2.05, 4.69) is 19.9 Å². The van der Waals surface area contributed by atoms with Gasteiger partial charge in [0.15, 0.2) is 0 Å². The first-order chi connectivity index (χ1) is 9.91. The van der Waals surface area contributed by atoms with Crippen LogP contribution >= 0.6 is 0 Å². The molecule has 0 saturated heterocycles. The van der Waals surface area contributed by atoms with Crippen LogP contribution in [0.1, 0.15) is 84.0 Å². The van der Waals surface area contributed by atoms with Gasteiger partial charge in [0.1, 0.15) is 0 Å². The Morgan fingerprint density at radius 1 is 0.667 bits per heavy atom. The zero-order valence-corrected chi connectivity index (χ0v) is 15.7. The van der Waals surface area contributed by atoms with Crippen LogP contribution < -0.4 is 0 Å². The molecule has 0 aliphatic rings. The van der Waals surface area contributed by atoms with Gasteiger partial charge in [-0.25, -0.2) is 0 Å². The fraction of sp³-hybridized carbons (Fsp3) is 0.650. The second kappa shape index (κ2) is 22.3. The van der Waals surface area contributed by atoms with Crippen LogP contribution in [0, 0.1) is 13.0 Å². The van der Waals surface area contributed by atoms with Gasteiger partial charge in [0.25, 0.3) is 0 Å². The molecule has 0 radical (unpaired) electrons. The average Bonchev–Trinajstić information content (AvgIpc) is 2.52. The summed E-state index contributed by atoms with van der Waals surface area (Å²) in [5, 5.41) is 0. The zero-order valence-electron chi connectivity index (χ0n) is 14.3. The monoisotopic (exact) mass is 298 g/mol. The molecule has 0 unspecified atom stereocenters. The van der Waals surface area contributed by atoms with Crippen LogP contribution in [-0.4, -0.2) is 23.1 Å². The first kappa shape index (κ1) is 23.3. The normalized spacial score (nSPS) is 9.43. The number of hydrogen-bond acceptors (Lipinski definition) is 0. The Balaban J connectivity index is 0. The smallest absolute Gasteiger partial charge is 0.343 e. The number of benzene rings is 1. The predicted molar refractivity (Wildman–Crippen MR) is 97.5 cm³/mol. The molecule has 1 heteroatoms. The third-order valence-electron chi connectivity index (χ3n) is 3.46. The maximum Gasteiger partial charge on any atom is 2.00 e. The Bertz CT molecular complexity index is 207. The third-order valence-corrected chi connectivity index (χ3v) is 3.46.